The number of rotatable bonds is 6. The van der Waals surface area contributed by atoms with Gasteiger partial charge in [0.25, 0.3) is 5.69 Å². The molecule has 0 spiro atoms. The third-order valence-electron chi connectivity index (χ3n) is 5.86. The number of aromatic nitrogens is 1. The smallest absolute Gasteiger partial charge is 0.292 e. The van der Waals surface area contributed by atoms with E-state index >= 15 is 0 Å². The number of hydrogen-bond donors (Lipinski definition) is 0. The van der Waals surface area contributed by atoms with Gasteiger partial charge in [-0.3, -0.25) is 19.8 Å². The summed E-state index contributed by atoms with van der Waals surface area (Å²) in [6.45, 7) is 7.33. The average Bonchev–Trinajstić information content (AvgIpc) is 3.47. The summed E-state index contributed by atoms with van der Waals surface area (Å²) in [6, 6.07) is 9.46. The number of carbonyl (C=O) groups excluding carboxylic acids is 1. The number of Topliss-reactive ketones (excluding diaryl/α,β-unsaturated/α-hetero) is 1. The molecule has 7 nitrogen and oxygen atoms in total. The van der Waals surface area contributed by atoms with E-state index in [0.717, 1.165) is 24.3 Å². The number of ketones is 1. The van der Waals surface area contributed by atoms with E-state index in [0.29, 0.717) is 31.4 Å². The molecule has 0 atom stereocenters. The van der Waals surface area contributed by atoms with Crippen molar-refractivity contribution in [3.8, 4) is 0 Å². The van der Waals surface area contributed by atoms with Crippen LogP contribution < -0.4 is 4.90 Å². The van der Waals surface area contributed by atoms with Crippen LogP contribution in [-0.4, -0.2) is 52.9 Å². The quantitative estimate of drug-likeness (QED) is 0.435. The van der Waals surface area contributed by atoms with Crippen molar-refractivity contribution >= 4 is 17.2 Å². The number of anilines is 1. The van der Waals surface area contributed by atoms with Gasteiger partial charge in [-0.05, 0) is 38.8 Å². The Bertz CT molecular complexity index is 908. The van der Waals surface area contributed by atoms with Crippen LogP contribution in [0.4, 0.5) is 11.4 Å². The van der Waals surface area contributed by atoms with Gasteiger partial charge in [0.15, 0.2) is 5.78 Å². The van der Waals surface area contributed by atoms with Gasteiger partial charge in [0.1, 0.15) is 5.69 Å². The minimum atomic E-state index is -0.332. The Morgan fingerprint density at radius 3 is 2.46 bits per heavy atom. The monoisotopic (exact) mass is 382 g/mol. The lowest BCUT2D eigenvalue weighted by Gasteiger charge is -2.35. The summed E-state index contributed by atoms with van der Waals surface area (Å²) in [4.78, 5) is 28.0. The van der Waals surface area contributed by atoms with Crippen LogP contribution in [0.15, 0.2) is 30.3 Å². The maximum Gasteiger partial charge on any atom is 0.292 e. The largest absolute Gasteiger partial charge is 0.363 e. The zero-order chi connectivity index (χ0) is 19.8. The number of aryl methyl sites for hydroxylation is 1. The van der Waals surface area contributed by atoms with E-state index in [9.17, 15) is 14.9 Å². The van der Waals surface area contributed by atoms with Crippen LogP contribution in [0.2, 0.25) is 0 Å². The highest BCUT2D eigenvalue weighted by Gasteiger charge is 2.29. The fourth-order valence-corrected chi connectivity index (χ4v) is 4.28. The van der Waals surface area contributed by atoms with E-state index in [1.165, 1.54) is 18.5 Å². The molecule has 1 aliphatic heterocycles. The minimum Gasteiger partial charge on any atom is -0.363 e. The number of para-hydroxylation sites is 2. The number of nitrogens with zero attached hydrogens (tertiary/aromatic N) is 4. The molecule has 2 fully saturated rings. The number of benzene rings is 1. The van der Waals surface area contributed by atoms with Crippen LogP contribution in [-0.2, 0) is 0 Å². The van der Waals surface area contributed by atoms with Gasteiger partial charge >= 0.3 is 0 Å². The van der Waals surface area contributed by atoms with Crippen LogP contribution in [0.1, 0.15) is 40.6 Å². The van der Waals surface area contributed by atoms with E-state index in [1.54, 1.807) is 18.2 Å². The maximum absolute atomic E-state index is 12.9. The molecule has 0 unspecified atom stereocenters. The highest BCUT2D eigenvalue weighted by molar-refractivity contribution is 5.99. The lowest BCUT2D eigenvalue weighted by atomic mass is 10.1. The van der Waals surface area contributed by atoms with Crippen LogP contribution in [0, 0.1) is 24.0 Å². The first-order valence-electron chi connectivity index (χ1n) is 9.88. The van der Waals surface area contributed by atoms with Crippen LogP contribution in [0.5, 0.6) is 0 Å². The molecule has 1 aliphatic carbocycles. The standard InChI is InChI=1S/C21H26N4O3/c1-15-13-18(16(2)24(15)17-7-8-17)21(26)14-22-9-11-23(12-10-22)19-5-3-4-6-20(19)25(27)28/h3-6,13,17H,7-12,14H2,1-2H3. The summed E-state index contributed by atoms with van der Waals surface area (Å²) in [5.74, 6) is 0.166. The SMILES string of the molecule is Cc1cc(C(=O)CN2CCN(c3ccccc3[N+](=O)[O-])CC2)c(C)n1C1CC1. The Morgan fingerprint density at radius 2 is 1.82 bits per heavy atom. The predicted molar refractivity (Wildman–Crippen MR) is 108 cm³/mol. The Balaban J connectivity index is 1.39. The second kappa shape index (κ2) is 7.39. The maximum atomic E-state index is 12.9. The van der Waals surface area contributed by atoms with Crippen LogP contribution in [0.3, 0.4) is 0 Å². The third kappa shape index (κ3) is 3.54. The molecule has 1 saturated carbocycles. The van der Waals surface area contributed by atoms with E-state index in [2.05, 4.69) is 16.4 Å². The fraction of sp³-hybridized carbons (Fsp3) is 0.476. The van der Waals surface area contributed by atoms with Gasteiger partial charge in [-0.2, -0.15) is 0 Å². The molecule has 2 heterocycles. The summed E-state index contributed by atoms with van der Waals surface area (Å²) in [5.41, 5.74) is 3.89. The van der Waals surface area contributed by atoms with Crippen molar-refractivity contribution < 1.29 is 9.72 Å². The topological polar surface area (TPSA) is 71.6 Å². The zero-order valence-electron chi connectivity index (χ0n) is 16.4. The highest BCUT2D eigenvalue weighted by Crippen LogP contribution is 2.38. The van der Waals surface area contributed by atoms with Gasteiger partial charge in [-0.15, -0.1) is 0 Å². The Labute approximate surface area is 164 Å². The number of carbonyl (C=O) groups is 1. The molecule has 148 valence electrons. The Hall–Kier alpha value is -2.67. The van der Waals surface area contributed by atoms with Crippen molar-refractivity contribution in [3.63, 3.8) is 0 Å². The first-order chi connectivity index (χ1) is 13.5. The van der Waals surface area contributed by atoms with Crippen molar-refractivity contribution in [2.75, 3.05) is 37.6 Å². The normalized spacial score (nSPS) is 17.7. The molecule has 0 radical (unpaired) electrons. The lowest BCUT2D eigenvalue weighted by molar-refractivity contribution is -0.384. The first kappa shape index (κ1) is 18.7. The minimum absolute atomic E-state index is 0.138. The third-order valence-corrected chi connectivity index (χ3v) is 5.86. The van der Waals surface area contributed by atoms with E-state index in [1.807, 2.05) is 24.0 Å². The molecule has 1 aromatic heterocycles. The molecule has 1 aromatic carbocycles. The molecule has 1 saturated heterocycles. The molecule has 4 rings (SSSR count). The second-order valence-corrected chi connectivity index (χ2v) is 7.82. The number of hydrogen-bond acceptors (Lipinski definition) is 5. The summed E-state index contributed by atoms with van der Waals surface area (Å²) in [5, 5.41) is 11.3. The van der Waals surface area contributed by atoms with Gasteiger partial charge in [0, 0.05) is 55.2 Å². The lowest BCUT2D eigenvalue weighted by Crippen LogP contribution is -2.48. The van der Waals surface area contributed by atoms with E-state index in [4.69, 9.17) is 0 Å². The first-order valence-corrected chi connectivity index (χ1v) is 9.88. The zero-order valence-corrected chi connectivity index (χ0v) is 16.4. The molecule has 0 amide bonds. The summed E-state index contributed by atoms with van der Waals surface area (Å²) >= 11 is 0. The van der Waals surface area contributed by atoms with E-state index in [-0.39, 0.29) is 16.4 Å². The number of nitro benzene ring substituents is 1. The molecule has 2 aromatic rings. The predicted octanol–water partition coefficient (Wildman–Crippen LogP) is 3.35. The van der Waals surface area contributed by atoms with Gasteiger partial charge in [-0.25, -0.2) is 0 Å². The molecular formula is C21H26N4O3. The van der Waals surface area contributed by atoms with Crippen molar-refractivity contribution in [2.24, 2.45) is 0 Å². The Morgan fingerprint density at radius 1 is 1.14 bits per heavy atom. The van der Waals surface area contributed by atoms with Gasteiger partial charge in [0.05, 0.1) is 11.5 Å². The molecule has 7 heteroatoms. The van der Waals surface area contributed by atoms with Crippen molar-refractivity contribution in [1.82, 2.24) is 9.47 Å². The van der Waals surface area contributed by atoms with Crippen LogP contribution >= 0.6 is 0 Å². The van der Waals surface area contributed by atoms with Gasteiger partial charge in [0.2, 0.25) is 0 Å². The average molecular weight is 382 g/mol. The van der Waals surface area contributed by atoms with Crippen LogP contribution in [0.25, 0.3) is 0 Å². The van der Waals surface area contributed by atoms with Crippen molar-refractivity contribution in [1.29, 1.82) is 0 Å². The number of piperazine rings is 1. The summed E-state index contributed by atoms with van der Waals surface area (Å²) < 4.78 is 2.31. The second-order valence-electron chi connectivity index (χ2n) is 7.82. The van der Waals surface area contributed by atoms with Crippen molar-refractivity contribution in [2.45, 2.75) is 32.7 Å². The highest BCUT2D eigenvalue weighted by atomic mass is 16.6. The summed E-state index contributed by atoms with van der Waals surface area (Å²) in [7, 11) is 0. The summed E-state index contributed by atoms with van der Waals surface area (Å²) in [6.07, 6.45) is 2.41. The van der Waals surface area contributed by atoms with Gasteiger partial charge in [-0.1, -0.05) is 12.1 Å². The van der Waals surface area contributed by atoms with Crippen molar-refractivity contribution in [3.05, 3.63) is 57.4 Å². The molecule has 0 N–H and O–H groups in total. The Kier molecular flexibility index (Phi) is 4.93. The molecule has 2 aliphatic rings. The van der Waals surface area contributed by atoms with Gasteiger partial charge < -0.3 is 9.47 Å². The fourth-order valence-electron chi connectivity index (χ4n) is 4.28. The molecular weight excluding hydrogens is 356 g/mol. The molecule has 0 bridgehead atoms. The molecule has 28 heavy (non-hydrogen) atoms. The van der Waals surface area contributed by atoms with E-state index < -0.39 is 0 Å². The number of nitro groups is 1.